The lowest BCUT2D eigenvalue weighted by molar-refractivity contribution is -0.150. The minimum Gasteiger partial charge on any atom is -0.459 e. The molecule has 0 N–H and O–H groups in total. The van der Waals surface area contributed by atoms with Gasteiger partial charge in [0.05, 0.1) is 7.11 Å². The Kier molecular flexibility index (Phi) is 5.58. The Hall–Kier alpha value is -2.30. The van der Waals surface area contributed by atoms with Gasteiger partial charge in [-0.3, -0.25) is 4.90 Å². The van der Waals surface area contributed by atoms with Gasteiger partial charge in [0.15, 0.2) is 0 Å². The molecule has 2 atom stereocenters. The molecule has 1 aromatic rings. The van der Waals surface area contributed by atoms with Crippen molar-refractivity contribution in [2.45, 2.75) is 38.0 Å². The van der Waals surface area contributed by atoms with E-state index in [2.05, 4.69) is 6.58 Å². The third-order valence-electron chi connectivity index (χ3n) is 3.82. The van der Waals surface area contributed by atoms with Crippen molar-refractivity contribution in [3.63, 3.8) is 0 Å². The fraction of sp³-hybridized carbons (Fsp3) is 0.412. The van der Waals surface area contributed by atoms with Gasteiger partial charge in [0.25, 0.3) is 0 Å². The van der Waals surface area contributed by atoms with Gasteiger partial charge in [-0.05, 0) is 24.8 Å². The number of methoxy groups -OCH3 is 1. The highest BCUT2D eigenvalue weighted by Crippen LogP contribution is 2.28. The van der Waals surface area contributed by atoms with Gasteiger partial charge in [0.1, 0.15) is 12.6 Å². The van der Waals surface area contributed by atoms with E-state index in [1.54, 1.807) is 6.08 Å². The number of benzene rings is 1. The molecule has 1 amide bonds. The van der Waals surface area contributed by atoms with Crippen LogP contribution in [0.15, 0.2) is 43.0 Å². The summed E-state index contributed by atoms with van der Waals surface area (Å²) in [6.07, 6.45) is 3.22. The lowest BCUT2D eigenvalue weighted by atomic mass is 10.1. The Morgan fingerprint density at radius 2 is 2.05 bits per heavy atom. The van der Waals surface area contributed by atoms with Gasteiger partial charge in [-0.1, -0.05) is 36.4 Å². The molecule has 1 aromatic carbocycles. The van der Waals surface area contributed by atoms with Crippen LogP contribution in [0.4, 0.5) is 4.79 Å². The summed E-state index contributed by atoms with van der Waals surface area (Å²) in [7, 11) is 1.32. The van der Waals surface area contributed by atoms with E-state index in [0.29, 0.717) is 12.8 Å². The average molecular weight is 303 g/mol. The van der Waals surface area contributed by atoms with Gasteiger partial charge < -0.3 is 9.47 Å². The number of ether oxygens (including phenoxy) is 2. The SMILES string of the molecule is C=CC[C@H]1CC[C@@H](C(=O)OCc2ccccc2)N1C(=O)OC. The maximum Gasteiger partial charge on any atom is 0.410 e. The normalized spacial score (nSPS) is 20.5. The summed E-state index contributed by atoms with van der Waals surface area (Å²) in [5.74, 6) is -0.388. The van der Waals surface area contributed by atoms with E-state index < -0.39 is 12.1 Å². The highest BCUT2D eigenvalue weighted by atomic mass is 16.6. The molecule has 0 aliphatic carbocycles. The van der Waals surface area contributed by atoms with Crippen LogP contribution < -0.4 is 0 Å². The van der Waals surface area contributed by atoms with E-state index >= 15 is 0 Å². The van der Waals surface area contributed by atoms with Gasteiger partial charge in [0, 0.05) is 6.04 Å². The number of nitrogens with zero attached hydrogens (tertiary/aromatic N) is 1. The van der Waals surface area contributed by atoms with Crippen molar-refractivity contribution in [1.29, 1.82) is 0 Å². The Morgan fingerprint density at radius 1 is 1.32 bits per heavy atom. The molecule has 118 valence electrons. The van der Waals surface area contributed by atoms with Crippen molar-refractivity contribution < 1.29 is 19.1 Å². The highest BCUT2D eigenvalue weighted by molar-refractivity contribution is 5.82. The standard InChI is InChI=1S/C17H21NO4/c1-3-7-14-10-11-15(18(14)17(20)21-2)16(19)22-12-13-8-5-4-6-9-13/h3-6,8-9,14-15H,1,7,10-12H2,2H3/t14-,15-/m0/s1. The van der Waals surface area contributed by atoms with Crippen LogP contribution in [0.1, 0.15) is 24.8 Å². The van der Waals surface area contributed by atoms with Crippen molar-refractivity contribution in [1.82, 2.24) is 4.90 Å². The number of hydrogen-bond donors (Lipinski definition) is 0. The summed E-state index contributed by atoms with van der Waals surface area (Å²) < 4.78 is 10.1. The number of carbonyl (C=O) groups is 2. The predicted molar refractivity (Wildman–Crippen MR) is 82.1 cm³/mol. The number of likely N-dealkylation sites (tertiary alicyclic amines) is 1. The van der Waals surface area contributed by atoms with E-state index in [1.807, 2.05) is 30.3 Å². The van der Waals surface area contributed by atoms with E-state index in [4.69, 9.17) is 9.47 Å². The molecular weight excluding hydrogens is 282 g/mol. The summed E-state index contributed by atoms with van der Waals surface area (Å²) in [4.78, 5) is 25.7. The third-order valence-corrected chi connectivity index (χ3v) is 3.82. The first-order chi connectivity index (χ1) is 10.7. The topological polar surface area (TPSA) is 55.8 Å². The Balaban J connectivity index is 2.00. The molecule has 0 bridgehead atoms. The van der Waals surface area contributed by atoms with Crippen molar-refractivity contribution >= 4 is 12.1 Å². The molecule has 1 saturated heterocycles. The molecule has 5 heteroatoms. The minimum absolute atomic E-state index is 0.0563. The maximum absolute atomic E-state index is 12.3. The number of carbonyl (C=O) groups excluding carboxylic acids is 2. The molecule has 1 heterocycles. The first-order valence-electron chi connectivity index (χ1n) is 7.35. The minimum atomic E-state index is -0.582. The first kappa shape index (κ1) is 16.1. The summed E-state index contributed by atoms with van der Waals surface area (Å²) in [5.41, 5.74) is 0.918. The molecule has 0 radical (unpaired) electrons. The summed E-state index contributed by atoms with van der Waals surface area (Å²) >= 11 is 0. The van der Waals surface area contributed by atoms with Gasteiger partial charge in [0.2, 0.25) is 0 Å². The molecule has 1 aliphatic rings. The van der Waals surface area contributed by atoms with Crippen LogP contribution in [0.2, 0.25) is 0 Å². The first-order valence-corrected chi connectivity index (χ1v) is 7.35. The number of esters is 1. The molecule has 5 nitrogen and oxygen atoms in total. The van der Waals surface area contributed by atoms with Crippen LogP contribution in [-0.2, 0) is 20.9 Å². The molecule has 22 heavy (non-hydrogen) atoms. The summed E-state index contributed by atoms with van der Waals surface area (Å²) in [5, 5.41) is 0. The Labute approximate surface area is 130 Å². The van der Waals surface area contributed by atoms with Crippen molar-refractivity contribution in [3.05, 3.63) is 48.6 Å². The van der Waals surface area contributed by atoms with E-state index in [9.17, 15) is 9.59 Å². The lowest BCUT2D eigenvalue weighted by Gasteiger charge is -2.27. The summed E-state index contributed by atoms with van der Waals surface area (Å²) in [6.45, 7) is 3.90. The Bertz CT molecular complexity index is 529. The van der Waals surface area contributed by atoms with Crippen LogP contribution in [0.5, 0.6) is 0 Å². The molecule has 0 unspecified atom stereocenters. The second-order valence-electron chi connectivity index (χ2n) is 5.24. The van der Waals surface area contributed by atoms with Crippen LogP contribution in [0, 0.1) is 0 Å². The van der Waals surface area contributed by atoms with Gasteiger partial charge in [-0.15, -0.1) is 6.58 Å². The molecule has 0 saturated carbocycles. The van der Waals surface area contributed by atoms with Crippen molar-refractivity contribution in [2.24, 2.45) is 0 Å². The van der Waals surface area contributed by atoms with Crippen molar-refractivity contribution in [2.75, 3.05) is 7.11 Å². The maximum atomic E-state index is 12.3. The van der Waals surface area contributed by atoms with Gasteiger partial charge in [-0.25, -0.2) is 9.59 Å². The van der Waals surface area contributed by atoms with Crippen LogP contribution in [-0.4, -0.2) is 36.2 Å². The van der Waals surface area contributed by atoms with Crippen LogP contribution in [0.25, 0.3) is 0 Å². The fourth-order valence-electron chi connectivity index (χ4n) is 2.74. The van der Waals surface area contributed by atoms with Gasteiger partial charge >= 0.3 is 12.1 Å². The highest BCUT2D eigenvalue weighted by Gasteiger charge is 2.41. The average Bonchev–Trinajstić information content (AvgIpc) is 2.97. The molecular formula is C17H21NO4. The number of rotatable bonds is 5. The second kappa shape index (κ2) is 7.64. The fourth-order valence-corrected chi connectivity index (χ4v) is 2.74. The quantitative estimate of drug-likeness (QED) is 0.620. The van der Waals surface area contributed by atoms with Crippen LogP contribution >= 0.6 is 0 Å². The second-order valence-corrected chi connectivity index (χ2v) is 5.24. The lowest BCUT2D eigenvalue weighted by Crippen LogP contribution is -2.45. The number of hydrogen-bond acceptors (Lipinski definition) is 4. The third kappa shape index (κ3) is 3.67. The largest absolute Gasteiger partial charge is 0.459 e. The smallest absolute Gasteiger partial charge is 0.410 e. The van der Waals surface area contributed by atoms with Gasteiger partial charge in [-0.2, -0.15) is 0 Å². The number of amides is 1. The zero-order chi connectivity index (χ0) is 15.9. The Morgan fingerprint density at radius 3 is 2.68 bits per heavy atom. The van der Waals surface area contributed by atoms with E-state index in [1.165, 1.54) is 12.0 Å². The van der Waals surface area contributed by atoms with Crippen molar-refractivity contribution in [3.8, 4) is 0 Å². The molecule has 0 spiro atoms. The predicted octanol–water partition coefficient (Wildman–Crippen LogP) is 2.91. The zero-order valence-corrected chi connectivity index (χ0v) is 12.7. The summed E-state index contributed by atoms with van der Waals surface area (Å²) in [6, 6.07) is 8.82. The monoisotopic (exact) mass is 303 g/mol. The molecule has 0 aromatic heterocycles. The molecule has 2 rings (SSSR count). The molecule has 1 aliphatic heterocycles. The zero-order valence-electron chi connectivity index (χ0n) is 12.7. The molecule has 1 fully saturated rings. The van der Waals surface area contributed by atoms with Crippen LogP contribution in [0.3, 0.4) is 0 Å². The van der Waals surface area contributed by atoms with E-state index in [0.717, 1.165) is 12.0 Å². The van der Waals surface area contributed by atoms with E-state index in [-0.39, 0.29) is 18.6 Å².